The first-order valence-corrected chi connectivity index (χ1v) is 8.51. The predicted octanol–water partition coefficient (Wildman–Crippen LogP) is 2.11. The van der Waals surface area contributed by atoms with Gasteiger partial charge < -0.3 is 20.3 Å². The maximum atomic E-state index is 10.6. The SMILES string of the molecule is CCNC(=NCc1cc(C(C)C)no1)NCC(C)(O)c1cnn(C)c1.I. The van der Waals surface area contributed by atoms with Gasteiger partial charge in [-0.25, -0.2) is 4.99 Å². The molecular formula is C17H29IN6O2. The highest BCUT2D eigenvalue weighted by atomic mass is 127. The monoisotopic (exact) mass is 476 g/mol. The Labute approximate surface area is 171 Å². The van der Waals surface area contributed by atoms with Crippen molar-refractivity contribution in [2.75, 3.05) is 13.1 Å². The van der Waals surface area contributed by atoms with Crippen LogP contribution in [-0.4, -0.2) is 39.1 Å². The van der Waals surface area contributed by atoms with E-state index in [4.69, 9.17) is 4.52 Å². The van der Waals surface area contributed by atoms with Crippen molar-refractivity contribution in [3.63, 3.8) is 0 Å². The topological polar surface area (TPSA) is 100 Å². The Morgan fingerprint density at radius 1 is 1.42 bits per heavy atom. The number of aromatic nitrogens is 3. The van der Waals surface area contributed by atoms with Gasteiger partial charge in [0.1, 0.15) is 12.1 Å². The van der Waals surface area contributed by atoms with E-state index < -0.39 is 5.60 Å². The maximum Gasteiger partial charge on any atom is 0.191 e. The van der Waals surface area contributed by atoms with Crippen LogP contribution in [0.15, 0.2) is 28.0 Å². The van der Waals surface area contributed by atoms with Gasteiger partial charge in [-0.3, -0.25) is 4.68 Å². The molecule has 0 bridgehead atoms. The van der Waals surface area contributed by atoms with E-state index in [-0.39, 0.29) is 24.0 Å². The van der Waals surface area contributed by atoms with Crippen LogP contribution in [0.2, 0.25) is 0 Å². The molecule has 0 spiro atoms. The van der Waals surface area contributed by atoms with Crippen molar-refractivity contribution in [2.24, 2.45) is 12.0 Å². The van der Waals surface area contributed by atoms with E-state index >= 15 is 0 Å². The first-order valence-electron chi connectivity index (χ1n) is 8.51. The standard InChI is InChI=1S/C17H28N6O2.HI/c1-6-18-16(19-9-14-7-15(12(2)3)22-25-14)20-11-17(4,24)13-8-21-23(5)10-13;/h7-8,10,12,24H,6,9,11H2,1-5H3,(H2,18,19,20);1H. The number of rotatable bonds is 7. The summed E-state index contributed by atoms with van der Waals surface area (Å²) in [7, 11) is 1.82. The van der Waals surface area contributed by atoms with Gasteiger partial charge in [0.05, 0.1) is 18.4 Å². The Hall–Kier alpha value is -1.62. The molecule has 3 N–H and O–H groups in total. The van der Waals surface area contributed by atoms with Gasteiger partial charge in [-0.15, -0.1) is 24.0 Å². The molecule has 0 saturated heterocycles. The number of aliphatic hydroxyl groups is 1. The molecule has 0 aliphatic heterocycles. The summed E-state index contributed by atoms with van der Waals surface area (Å²) < 4.78 is 6.96. The van der Waals surface area contributed by atoms with Gasteiger partial charge in [-0.2, -0.15) is 5.10 Å². The van der Waals surface area contributed by atoms with E-state index in [0.717, 1.165) is 11.3 Å². The number of hydrogen-bond acceptors (Lipinski definition) is 5. The van der Waals surface area contributed by atoms with Crippen molar-refractivity contribution in [3.05, 3.63) is 35.5 Å². The highest BCUT2D eigenvalue weighted by Crippen LogP contribution is 2.18. The molecule has 9 heteroatoms. The van der Waals surface area contributed by atoms with E-state index in [1.165, 1.54) is 0 Å². The van der Waals surface area contributed by atoms with Crippen LogP contribution in [0.3, 0.4) is 0 Å². The zero-order valence-corrected chi connectivity index (χ0v) is 18.3. The molecule has 2 aromatic heterocycles. The minimum atomic E-state index is -1.05. The lowest BCUT2D eigenvalue weighted by Crippen LogP contribution is -2.44. The lowest BCUT2D eigenvalue weighted by molar-refractivity contribution is 0.0616. The second kappa shape index (κ2) is 9.91. The van der Waals surface area contributed by atoms with Crippen molar-refractivity contribution >= 4 is 29.9 Å². The van der Waals surface area contributed by atoms with E-state index in [0.29, 0.717) is 37.3 Å². The Bertz CT molecular complexity index is 708. The van der Waals surface area contributed by atoms with Crippen LogP contribution in [0.5, 0.6) is 0 Å². The van der Waals surface area contributed by atoms with Gasteiger partial charge in [0, 0.05) is 31.4 Å². The van der Waals surface area contributed by atoms with Gasteiger partial charge in [-0.05, 0) is 19.8 Å². The summed E-state index contributed by atoms with van der Waals surface area (Å²) in [6.45, 7) is 9.26. The highest BCUT2D eigenvalue weighted by Gasteiger charge is 2.25. The number of aryl methyl sites for hydroxylation is 1. The van der Waals surface area contributed by atoms with Crippen molar-refractivity contribution in [1.82, 2.24) is 25.6 Å². The Kier molecular flexibility index (Phi) is 8.54. The van der Waals surface area contributed by atoms with E-state index in [1.807, 2.05) is 20.0 Å². The van der Waals surface area contributed by atoms with E-state index in [1.54, 1.807) is 24.0 Å². The highest BCUT2D eigenvalue weighted by molar-refractivity contribution is 14.0. The smallest absolute Gasteiger partial charge is 0.191 e. The fourth-order valence-corrected chi connectivity index (χ4v) is 2.23. The average molecular weight is 476 g/mol. The average Bonchev–Trinajstić information content (AvgIpc) is 3.19. The quantitative estimate of drug-likeness (QED) is 0.322. The molecule has 2 heterocycles. The lowest BCUT2D eigenvalue weighted by atomic mass is 10.00. The fourth-order valence-electron chi connectivity index (χ4n) is 2.23. The number of nitrogens with one attached hydrogen (secondary N) is 2. The molecule has 0 aliphatic carbocycles. The summed E-state index contributed by atoms with van der Waals surface area (Å²) in [6.07, 6.45) is 3.46. The first kappa shape index (κ1) is 22.4. The molecule has 2 aromatic rings. The van der Waals surface area contributed by atoms with Crippen molar-refractivity contribution < 1.29 is 9.63 Å². The second-order valence-corrected chi connectivity index (χ2v) is 6.60. The van der Waals surface area contributed by atoms with Crippen LogP contribution in [0.1, 0.15) is 50.6 Å². The third kappa shape index (κ3) is 6.27. The van der Waals surface area contributed by atoms with Gasteiger partial charge in [0.2, 0.25) is 0 Å². The summed E-state index contributed by atoms with van der Waals surface area (Å²) in [5.41, 5.74) is 0.611. The second-order valence-electron chi connectivity index (χ2n) is 6.60. The van der Waals surface area contributed by atoms with Crippen LogP contribution in [0.25, 0.3) is 0 Å². The minimum Gasteiger partial charge on any atom is -0.383 e. The summed E-state index contributed by atoms with van der Waals surface area (Å²) in [5.74, 6) is 1.64. The Balaban J connectivity index is 0.00000338. The number of guanidine groups is 1. The molecule has 2 rings (SSSR count). The molecule has 0 aromatic carbocycles. The molecule has 0 fully saturated rings. The third-order valence-electron chi connectivity index (χ3n) is 3.83. The minimum absolute atomic E-state index is 0. The fraction of sp³-hybridized carbons (Fsp3) is 0.588. The van der Waals surface area contributed by atoms with Gasteiger partial charge in [0.25, 0.3) is 0 Å². The molecule has 0 aliphatic rings. The van der Waals surface area contributed by atoms with Crippen molar-refractivity contribution in [2.45, 2.75) is 45.8 Å². The van der Waals surface area contributed by atoms with Crippen molar-refractivity contribution in [1.29, 1.82) is 0 Å². The molecule has 0 radical (unpaired) electrons. The van der Waals surface area contributed by atoms with Crippen LogP contribution in [0.4, 0.5) is 0 Å². The number of hydrogen-bond donors (Lipinski definition) is 3. The van der Waals surface area contributed by atoms with Crippen LogP contribution < -0.4 is 10.6 Å². The zero-order chi connectivity index (χ0) is 18.4. The lowest BCUT2D eigenvalue weighted by Gasteiger charge is -2.23. The van der Waals surface area contributed by atoms with Crippen LogP contribution >= 0.6 is 24.0 Å². The summed E-state index contributed by atoms with van der Waals surface area (Å²) in [5, 5.41) is 25.1. The summed E-state index contributed by atoms with van der Waals surface area (Å²) >= 11 is 0. The molecule has 1 atom stereocenters. The van der Waals surface area contributed by atoms with Crippen molar-refractivity contribution in [3.8, 4) is 0 Å². The molecule has 0 saturated carbocycles. The van der Waals surface area contributed by atoms with Gasteiger partial charge in [0.15, 0.2) is 11.7 Å². The van der Waals surface area contributed by atoms with Gasteiger partial charge >= 0.3 is 0 Å². The van der Waals surface area contributed by atoms with Crippen LogP contribution in [0, 0.1) is 0 Å². The predicted molar refractivity (Wildman–Crippen MR) is 112 cm³/mol. The number of halogens is 1. The molecule has 1 unspecified atom stereocenters. The Morgan fingerprint density at radius 2 is 2.15 bits per heavy atom. The largest absolute Gasteiger partial charge is 0.383 e. The zero-order valence-electron chi connectivity index (χ0n) is 16.0. The van der Waals surface area contributed by atoms with Crippen LogP contribution in [-0.2, 0) is 19.2 Å². The molecular weight excluding hydrogens is 447 g/mol. The number of nitrogens with zero attached hydrogens (tertiary/aromatic N) is 4. The summed E-state index contributed by atoms with van der Waals surface area (Å²) in [4.78, 5) is 4.49. The Morgan fingerprint density at radius 3 is 2.69 bits per heavy atom. The third-order valence-corrected chi connectivity index (χ3v) is 3.83. The van der Waals surface area contributed by atoms with Gasteiger partial charge in [-0.1, -0.05) is 19.0 Å². The number of aliphatic imine (C=N–C) groups is 1. The normalized spacial score (nSPS) is 14.0. The first-order chi connectivity index (χ1) is 11.8. The van der Waals surface area contributed by atoms with E-state index in [2.05, 4.69) is 39.7 Å². The molecule has 8 nitrogen and oxygen atoms in total. The molecule has 146 valence electrons. The van der Waals surface area contributed by atoms with E-state index in [9.17, 15) is 5.11 Å². The maximum absolute atomic E-state index is 10.6. The molecule has 0 amide bonds. The molecule has 26 heavy (non-hydrogen) atoms. The summed E-state index contributed by atoms with van der Waals surface area (Å²) in [6, 6.07) is 1.92.